The number of rotatable bonds is 5. The van der Waals surface area contributed by atoms with E-state index < -0.39 is 0 Å². The number of nitrogens with one attached hydrogen (secondary N) is 1. The summed E-state index contributed by atoms with van der Waals surface area (Å²) < 4.78 is 0. The molecule has 0 unspecified atom stereocenters. The summed E-state index contributed by atoms with van der Waals surface area (Å²) in [5.41, 5.74) is 1.89. The lowest BCUT2D eigenvalue weighted by molar-refractivity contribution is 0.690. The number of hydrogen-bond acceptors (Lipinski definition) is 3. The molecule has 0 saturated heterocycles. The summed E-state index contributed by atoms with van der Waals surface area (Å²) in [6.45, 7) is 1.33. The molecule has 2 nitrogen and oxygen atoms in total. The number of benzene rings is 2. The highest BCUT2D eigenvalue weighted by atomic mass is 35.5. The molecule has 0 bridgehead atoms. The van der Waals surface area contributed by atoms with Crippen LogP contribution in [0.25, 0.3) is 10.4 Å². The Bertz CT molecular complexity index is 843. The van der Waals surface area contributed by atoms with Crippen molar-refractivity contribution in [2.45, 2.75) is 13.1 Å². The zero-order valence-electron chi connectivity index (χ0n) is 12.3. The Morgan fingerprint density at radius 3 is 2.33 bits per heavy atom. The van der Waals surface area contributed by atoms with Crippen LogP contribution in [0.5, 0.6) is 0 Å². The molecule has 2 aromatic carbocycles. The first-order valence-corrected chi connectivity index (χ1v) is 9.41. The summed E-state index contributed by atoms with van der Waals surface area (Å²) in [6.07, 6.45) is 1.80. The Balaban J connectivity index is 1.65. The van der Waals surface area contributed by atoms with Crippen LogP contribution in [0.15, 0.2) is 42.6 Å². The van der Waals surface area contributed by atoms with Crippen molar-refractivity contribution in [2.75, 3.05) is 0 Å². The number of hydrogen-bond donors (Lipinski definition) is 1. The molecule has 0 atom stereocenters. The first kappa shape index (κ1) is 18.0. The zero-order chi connectivity index (χ0) is 17.1. The van der Waals surface area contributed by atoms with Gasteiger partial charge in [0, 0.05) is 24.8 Å². The molecule has 0 amide bonds. The van der Waals surface area contributed by atoms with Gasteiger partial charge in [-0.3, -0.25) is 0 Å². The molecule has 0 aliphatic rings. The van der Waals surface area contributed by atoms with Crippen LogP contribution in [0.4, 0.5) is 0 Å². The summed E-state index contributed by atoms with van der Waals surface area (Å²) in [4.78, 5) is 5.38. The summed E-state index contributed by atoms with van der Waals surface area (Å²) in [7, 11) is 0. The molecule has 0 radical (unpaired) electrons. The molecule has 7 heteroatoms. The van der Waals surface area contributed by atoms with Gasteiger partial charge in [0.25, 0.3) is 0 Å². The monoisotopic (exact) mass is 416 g/mol. The molecule has 0 fully saturated rings. The lowest BCUT2D eigenvalue weighted by Crippen LogP contribution is -2.12. The highest BCUT2D eigenvalue weighted by Crippen LogP contribution is 2.37. The number of halogens is 4. The third-order valence-electron chi connectivity index (χ3n) is 3.35. The minimum Gasteiger partial charge on any atom is -0.306 e. The van der Waals surface area contributed by atoms with Gasteiger partial charge >= 0.3 is 0 Å². The van der Waals surface area contributed by atoms with Gasteiger partial charge in [0.1, 0.15) is 5.01 Å². The van der Waals surface area contributed by atoms with Crippen LogP contribution in [0, 0.1) is 0 Å². The molecule has 3 aromatic rings. The number of thiazole rings is 1. The van der Waals surface area contributed by atoms with Crippen molar-refractivity contribution in [3.8, 4) is 10.4 Å². The second kappa shape index (κ2) is 8.05. The Labute approximate surface area is 164 Å². The van der Waals surface area contributed by atoms with Crippen LogP contribution < -0.4 is 5.32 Å². The van der Waals surface area contributed by atoms with Crippen molar-refractivity contribution >= 4 is 57.7 Å². The highest BCUT2D eigenvalue weighted by Gasteiger charge is 2.11. The molecule has 1 heterocycles. The second-order valence-electron chi connectivity index (χ2n) is 5.07. The van der Waals surface area contributed by atoms with Crippen molar-refractivity contribution in [1.29, 1.82) is 0 Å². The summed E-state index contributed by atoms with van der Waals surface area (Å²) in [5.74, 6) is 0. The van der Waals surface area contributed by atoms with Crippen LogP contribution in [-0.4, -0.2) is 4.98 Å². The number of nitrogens with zero attached hydrogens (tertiary/aromatic N) is 1. The minimum atomic E-state index is 0.556. The first-order chi connectivity index (χ1) is 11.5. The van der Waals surface area contributed by atoms with Gasteiger partial charge in [0.05, 0.1) is 25.0 Å². The van der Waals surface area contributed by atoms with E-state index in [1.165, 1.54) is 0 Å². The quantitative estimate of drug-likeness (QED) is 0.498. The van der Waals surface area contributed by atoms with E-state index >= 15 is 0 Å². The lowest BCUT2D eigenvalue weighted by Gasteiger charge is -2.05. The molecule has 0 aliphatic carbocycles. The van der Waals surface area contributed by atoms with Crippen molar-refractivity contribution in [1.82, 2.24) is 10.3 Å². The maximum absolute atomic E-state index is 6.24. The number of aromatic nitrogens is 1. The van der Waals surface area contributed by atoms with Crippen LogP contribution in [0.3, 0.4) is 0 Å². The fourth-order valence-electron chi connectivity index (χ4n) is 2.20. The summed E-state index contributed by atoms with van der Waals surface area (Å²) in [6, 6.07) is 11.1. The normalized spacial score (nSPS) is 11.0. The lowest BCUT2D eigenvalue weighted by atomic mass is 10.2. The molecular formula is C17H12Cl4N2S. The van der Waals surface area contributed by atoms with Gasteiger partial charge in [0.2, 0.25) is 0 Å². The van der Waals surface area contributed by atoms with E-state index in [0.29, 0.717) is 33.2 Å². The van der Waals surface area contributed by atoms with Gasteiger partial charge < -0.3 is 5.32 Å². The molecule has 0 saturated carbocycles. The average Bonchev–Trinajstić information content (AvgIpc) is 2.99. The largest absolute Gasteiger partial charge is 0.306 e. The fraction of sp³-hybridized carbons (Fsp3) is 0.118. The maximum Gasteiger partial charge on any atom is 0.107 e. The van der Waals surface area contributed by atoms with E-state index in [-0.39, 0.29) is 0 Å². The van der Waals surface area contributed by atoms with Gasteiger partial charge in [-0.1, -0.05) is 58.5 Å². The van der Waals surface area contributed by atoms with E-state index in [4.69, 9.17) is 46.4 Å². The zero-order valence-corrected chi connectivity index (χ0v) is 16.2. The highest BCUT2D eigenvalue weighted by molar-refractivity contribution is 7.15. The Kier molecular flexibility index (Phi) is 6.03. The van der Waals surface area contributed by atoms with E-state index in [1.807, 2.05) is 30.3 Å². The molecule has 1 N–H and O–H groups in total. The van der Waals surface area contributed by atoms with Gasteiger partial charge in [-0.2, -0.15) is 0 Å². The van der Waals surface area contributed by atoms with Gasteiger partial charge in [-0.25, -0.2) is 4.98 Å². The molecule has 0 aliphatic heterocycles. The van der Waals surface area contributed by atoms with Crippen molar-refractivity contribution in [3.05, 3.63) is 73.3 Å². The third kappa shape index (κ3) is 4.23. The van der Waals surface area contributed by atoms with Gasteiger partial charge in [0.15, 0.2) is 0 Å². The maximum atomic E-state index is 6.24. The second-order valence-corrected chi connectivity index (χ2v) is 7.81. The van der Waals surface area contributed by atoms with E-state index in [9.17, 15) is 0 Å². The van der Waals surface area contributed by atoms with E-state index in [0.717, 1.165) is 21.0 Å². The van der Waals surface area contributed by atoms with Crippen LogP contribution in [-0.2, 0) is 13.1 Å². The molecule has 0 spiro atoms. The average molecular weight is 418 g/mol. The van der Waals surface area contributed by atoms with Crippen molar-refractivity contribution in [3.63, 3.8) is 0 Å². The Morgan fingerprint density at radius 1 is 0.875 bits per heavy atom. The fourth-order valence-corrected chi connectivity index (χ4v) is 4.20. The van der Waals surface area contributed by atoms with Crippen LogP contribution in [0.2, 0.25) is 20.1 Å². The molecule has 124 valence electrons. The molecule has 24 heavy (non-hydrogen) atoms. The van der Waals surface area contributed by atoms with Crippen LogP contribution >= 0.6 is 57.7 Å². The summed E-state index contributed by atoms with van der Waals surface area (Å²) in [5, 5.41) is 6.66. The predicted octanol–water partition coefficient (Wildman–Crippen LogP) is 6.71. The Morgan fingerprint density at radius 2 is 1.62 bits per heavy atom. The minimum absolute atomic E-state index is 0.556. The molecule has 1 aromatic heterocycles. The van der Waals surface area contributed by atoms with Crippen LogP contribution in [0.1, 0.15) is 10.6 Å². The topological polar surface area (TPSA) is 24.9 Å². The smallest absolute Gasteiger partial charge is 0.107 e. The van der Waals surface area contributed by atoms with Gasteiger partial charge in [-0.05, 0) is 29.8 Å². The predicted molar refractivity (Wildman–Crippen MR) is 105 cm³/mol. The van der Waals surface area contributed by atoms with Crippen molar-refractivity contribution in [2.24, 2.45) is 0 Å². The van der Waals surface area contributed by atoms with Crippen molar-refractivity contribution < 1.29 is 0 Å². The summed E-state index contributed by atoms with van der Waals surface area (Å²) >= 11 is 26.0. The van der Waals surface area contributed by atoms with Gasteiger partial charge in [-0.15, -0.1) is 11.3 Å². The third-order valence-corrected chi connectivity index (χ3v) is 5.74. The standard InChI is InChI=1S/C17H12Cl4N2S/c18-11-5-4-10(6-14(11)21)7-22-9-16-23-8-15(24-16)17-12(19)2-1-3-13(17)20/h1-6,8,22H,7,9H2. The Hall–Kier alpha value is -0.810. The molecular weight excluding hydrogens is 406 g/mol. The molecule has 3 rings (SSSR count). The van der Waals surface area contributed by atoms with E-state index in [1.54, 1.807) is 23.6 Å². The first-order valence-electron chi connectivity index (χ1n) is 7.08. The SMILES string of the molecule is Clc1ccc(CNCc2ncc(-c3c(Cl)cccc3Cl)s2)cc1Cl. The van der Waals surface area contributed by atoms with E-state index in [2.05, 4.69) is 10.3 Å².